The van der Waals surface area contributed by atoms with Gasteiger partial charge in [0.05, 0.1) is 34.5 Å². The molecule has 0 aliphatic carbocycles. The smallest absolute Gasteiger partial charge is 0.488 e. The lowest BCUT2D eigenvalue weighted by Crippen LogP contribution is -2.22. The van der Waals surface area contributed by atoms with Crippen molar-refractivity contribution in [3.63, 3.8) is 0 Å². The number of nitrogens with zero attached hydrogens (tertiary/aromatic N) is 2. The number of nitriles is 1. The topological polar surface area (TPSA) is 123 Å². The second kappa shape index (κ2) is 9.97. The zero-order chi connectivity index (χ0) is 28.0. The van der Waals surface area contributed by atoms with Crippen molar-refractivity contribution in [1.82, 2.24) is 9.55 Å². The van der Waals surface area contributed by atoms with Crippen LogP contribution in [0.15, 0.2) is 59.4 Å². The first-order chi connectivity index (χ1) is 19.3. The van der Waals surface area contributed by atoms with Crippen LogP contribution in [0.25, 0.3) is 44.0 Å². The van der Waals surface area contributed by atoms with Crippen molar-refractivity contribution in [1.29, 1.82) is 5.26 Å². The Bertz CT molecular complexity index is 2000. The van der Waals surface area contributed by atoms with Gasteiger partial charge in [-0.05, 0) is 61.7 Å². The predicted molar refractivity (Wildman–Crippen MR) is 149 cm³/mol. The largest absolute Gasteiger partial charge is 0.493 e. The Morgan fingerprint density at radius 1 is 1.12 bits per heavy atom. The summed E-state index contributed by atoms with van der Waals surface area (Å²) < 4.78 is 53.6. The molecule has 1 N–H and O–H groups in total. The Balaban J connectivity index is 1.70. The highest BCUT2D eigenvalue weighted by Crippen LogP contribution is 2.39. The van der Waals surface area contributed by atoms with Crippen LogP contribution >= 0.6 is 0 Å². The van der Waals surface area contributed by atoms with Gasteiger partial charge in [0.25, 0.3) is 0 Å². The number of H-pyrrole nitrogens is 1. The van der Waals surface area contributed by atoms with Gasteiger partial charge in [-0.1, -0.05) is 22.1 Å². The lowest BCUT2D eigenvalue weighted by molar-refractivity contribution is 0.0715. The van der Waals surface area contributed by atoms with Crippen molar-refractivity contribution in [3.8, 4) is 28.7 Å². The summed E-state index contributed by atoms with van der Waals surface area (Å²) in [5, 5.41) is 11.1. The summed E-state index contributed by atoms with van der Waals surface area (Å²) in [6, 6.07) is 16.9. The van der Waals surface area contributed by atoms with Gasteiger partial charge in [-0.3, -0.25) is 4.79 Å². The van der Waals surface area contributed by atoms with E-state index in [0.717, 1.165) is 18.2 Å². The highest BCUT2D eigenvalue weighted by molar-refractivity contribution is 7.81. The standard InChI is InChI=1S/C29H24FN3O6S/c1-2-38-26-15-23-25(14-22(26)18-4-3-5-20(13-18)39-40(30,35)36)33(19-8-10-37-11-9-19)29-27(28(23)34)21-7-6-17(16-31)12-24(21)32-29/h3-7,12-15,19,32H,2,8-11H2,1H3. The third-order valence-corrected chi connectivity index (χ3v) is 7.57. The summed E-state index contributed by atoms with van der Waals surface area (Å²) in [7, 11) is -5.21. The number of halogens is 1. The highest BCUT2D eigenvalue weighted by atomic mass is 32.3. The first-order valence-corrected chi connectivity index (χ1v) is 14.1. The van der Waals surface area contributed by atoms with Crippen LogP contribution in [0, 0.1) is 11.3 Å². The Morgan fingerprint density at radius 2 is 1.93 bits per heavy atom. The minimum Gasteiger partial charge on any atom is -0.493 e. The molecule has 1 fully saturated rings. The van der Waals surface area contributed by atoms with Crippen molar-refractivity contribution in [3.05, 3.63) is 70.4 Å². The molecule has 0 atom stereocenters. The van der Waals surface area contributed by atoms with E-state index in [9.17, 15) is 22.4 Å². The maximum atomic E-state index is 14.1. The molecule has 1 aliphatic rings. The lowest BCUT2D eigenvalue weighted by atomic mass is 9.99. The molecule has 6 rings (SSSR count). The van der Waals surface area contributed by atoms with E-state index in [1.165, 1.54) is 12.1 Å². The molecular formula is C29H24FN3O6S. The molecule has 0 bridgehead atoms. The summed E-state index contributed by atoms with van der Waals surface area (Å²) in [6.07, 6.45) is 1.46. The van der Waals surface area contributed by atoms with Gasteiger partial charge in [0.15, 0.2) is 5.43 Å². The number of nitrogens with one attached hydrogen (secondary N) is 1. The Labute approximate surface area is 228 Å². The van der Waals surface area contributed by atoms with Crippen molar-refractivity contribution in [2.24, 2.45) is 0 Å². The van der Waals surface area contributed by atoms with E-state index in [1.54, 1.807) is 36.4 Å². The number of aromatic amines is 1. The van der Waals surface area contributed by atoms with E-state index in [2.05, 4.69) is 19.8 Å². The molecule has 0 amide bonds. The summed E-state index contributed by atoms with van der Waals surface area (Å²) in [5.41, 5.74) is 3.38. The number of aromatic nitrogens is 2. The Kier molecular flexibility index (Phi) is 6.44. The van der Waals surface area contributed by atoms with E-state index in [0.29, 0.717) is 69.7 Å². The van der Waals surface area contributed by atoms with E-state index >= 15 is 0 Å². The van der Waals surface area contributed by atoms with Crippen LogP contribution in [0.3, 0.4) is 0 Å². The van der Waals surface area contributed by atoms with Gasteiger partial charge >= 0.3 is 10.5 Å². The van der Waals surface area contributed by atoms with E-state index in [4.69, 9.17) is 9.47 Å². The lowest BCUT2D eigenvalue weighted by Gasteiger charge is -2.28. The first-order valence-electron chi connectivity index (χ1n) is 12.8. The van der Waals surface area contributed by atoms with Gasteiger partial charge in [-0.25, -0.2) is 0 Å². The average molecular weight is 562 g/mol. The molecule has 0 spiro atoms. The molecule has 204 valence electrons. The van der Waals surface area contributed by atoms with Crippen LogP contribution in [-0.4, -0.2) is 37.8 Å². The molecule has 0 saturated carbocycles. The van der Waals surface area contributed by atoms with Gasteiger partial charge in [0.2, 0.25) is 0 Å². The Morgan fingerprint density at radius 3 is 2.65 bits per heavy atom. The molecule has 11 heteroatoms. The van der Waals surface area contributed by atoms with Crippen LogP contribution < -0.4 is 14.3 Å². The monoisotopic (exact) mass is 561 g/mol. The highest BCUT2D eigenvalue weighted by Gasteiger charge is 2.25. The molecular weight excluding hydrogens is 537 g/mol. The fraction of sp³-hybridized carbons (Fsp3) is 0.241. The van der Waals surface area contributed by atoms with Crippen LogP contribution in [0.4, 0.5) is 3.89 Å². The van der Waals surface area contributed by atoms with Crippen molar-refractivity contribution in [2.75, 3.05) is 19.8 Å². The number of fused-ring (bicyclic) bond motifs is 4. The summed E-state index contributed by atoms with van der Waals surface area (Å²) in [5.74, 6) is 0.223. The second-order valence-corrected chi connectivity index (χ2v) is 10.5. The first kappa shape index (κ1) is 25.9. The SMILES string of the molecule is CCOc1cc2c(=O)c3c4ccc(C#N)cc4[nH]c3n(C3CCOCC3)c2cc1-c1cccc(OS(=O)(=O)F)c1. The molecule has 1 aliphatic heterocycles. The zero-order valence-electron chi connectivity index (χ0n) is 21.4. The number of benzene rings is 3. The number of hydrogen-bond acceptors (Lipinski definition) is 7. The molecule has 3 aromatic carbocycles. The van der Waals surface area contributed by atoms with E-state index in [1.807, 2.05) is 13.0 Å². The third kappa shape index (κ3) is 4.55. The Hall–Kier alpha value is -4.40. The van der Waals surface area contributed by atoms with Crippen molar-refractivity contribution < 1.29 is 26.0 Å². The molecule has 0 radical (unpaired) electrons. The molecule has 3 heterocycles. The third-order valence-electron chi connectivity index (χ3n) is 7.17. The van der Waals surface area contributed by atoms with Crippen molar-refractivity contribution in [2.45, 2.75) is 25.8 Å². The molecule has 40 heavy (non-hydrogen) atoms. The minimum atomic E-state index is -5.21. The van der Waals surface area contributed by atoms with Gasteiger partial charge in [-0.2, -0.15) is 13.7 Å². The summed E-state index contributed by atoms with van der Waals surface area (Å²) in [4.78, 5) is 17.5. The zero-order valence-corrected chi connectivity index (χ0v) is 22.3. The van der Waals surface area contributed by atoms with Crippen LogP contribution in [0.2, 0.25) is 0 Å². The minimum absolute atomic E-state index is 0.0139. The molecule has 0 unspecified atom stereocenters. The number of ether oxygens (including phenoxy) is 2. The van der Waals surface area contributed by atoms with Gasteiger partial charge in [0.1, 0.15) is 17.1 Å². The predicted octanol–water partition coefficient (Wildman–Crippen LogP) is 5.52. The van der Waals surface area contributed by atoms with E-state index < -0.39 is 10.5 Å². The number of rotatable bonds is 6. The van der Waals surface area contributed by atoms with Gasteiger partial charge in [-0.15, -0.1) is 0 Å². The average Bonchev–Trinajstić information content (AvgIpc) is 3.31. The number of hydrogen-bond donors (Lipinski definition) is 1. The summed E-state index contributed by atoms with van der Waals surface area (Å²) >= 11 is 0. The maximum Gasteiger partial charge on any atom is 0.488 e. The normalized spacial score (nSPS) is 14.5. The van der Waals surface area contributed by atoms with Crippen LogP contribution in [0.1, 0.15) is 31.4 Å². The fourth-order valence-corrected chi connectivity index (χ4v) is 5.86. The van der Waals surface area contributed by atoms with Crippen LogP contribution in [-0.2, 0) is 15.2 Å². The van der Waals surface area contributed by atoms with Gasteiger partial charge in [0, 0.05) is 35.7 Å². The number of pyridine rings is 1. The molecule has 9 nitrogen and oxygen atoms in total. The van der Waals surface area contributed by atoms with Crippen LogP contribution in [0.5, 0.6) is 11.5 Å². The molecule has 5 aromatic rings. The van der Waals surface area contributed by atoms with Gasteiger partial charge < -0.3 is 23.2 Å². The summed E-state index contributed by atoms with van der Waals surface area (Å²) in [6.45, 7) is 3.27. The molecule has 2 aromatic heterocycles. The molecule has 1 saturated heterocycles. The second-order valence-electron chi connectivity index (χ2n) is 9.57. The quantitative estimate of drug-likeness (QED) is 0.271. The van der Waals surface area contributed by atoms with E-state index in [-0.39, 0.29) is 17.2 Å². The van der Waals surface area contributed by atoms with Crippen molar-refractivity contribution >= 4 is 43.3 Å². The fourth-order valence-electron chi connectivity index (χ4n) is 5.52. The maximum absolute atomic E-state index is 14.1.